The fraction of sp³-hybridized carbons (Fsp3) is 0.611. The van der Waals surface area contributed by atoms with Crippen LogP contribution in [0.25, 0.3) is 0 Å². The Balaban J connectivity index is 1.86. The fourth-order valence-corrected chi connectivity index (χ4v) is 4.10. The Kier molecular flexibility index (Phi) is 9.43. The number of alkyl halides is 3. The molecular formula is C18H27F3N6O6S. The number of amides is 3. The minimum Gasteiger partial charge on any atom is -0.504 e. The summed E-state index contributed by atoms with van der Waals surface area (Å²) in [6, 6.07) is 0. The van der Waals surface area contributed by atoms with Crippen LogP contribution in [-0.2, 0) is 19.1 Å². The molecule has 12 nitrogen and oxygen atoms in total. The smallest absolute Gasteiger partial charge is 0.448 e. The summed E-state index contributed by atoms with van der Waals surface area (Å²) in [5, 5.41) is 28.4. The van der Waals surface area contributed by atoms with Crippen LogP contribution in [0.3, 0.4) is 0 Å². The minimum atomic E-state index is -4.99. The Bertz CT molecular complexity index is 855. The summed E-state index contributed by atoms with van der Waals surface area (Å²) < 4.78 is 42.0. The van der Waals surface area contributed by atoms with Gasteiger partial charge in [-0.15, -0.1) is 11.8 Å². The van der Waals surface area contributed by atoms with Gasteiger partial charge in [0.2, 0.25) is 11.8 Å². The molecular weight excluding hydrogens is 485 g/mol. The highest BCUT2D eigenvalue weighted by molar-refractivity contribution is 8.00. The Morgan fingerprint density at radius 3 is 2.62 bits per heavy atom. The fourth-order valence-electron chi connectivity index (χ4n) is 3.29. The van der Waals surface area contributed by atoms with Crippen LogP contribution in [0.4, 0.5) is 13.2 Å². The number of hydrogen-bond acceptors (Lipinski definition) is 10. The van der Waals surface area contributed by atoms with E-state index in [-0.39, 0.29) is 29.8 Å². The number of rotatable bonds is 8. The molecule has 0 saturated heterocycles. The van der Waals surface area contributed by atoms with Crippen molar-refractivity contribution < 1.29 is 42.5 Å². The summed E-state index contributed by atoms with van der Waals surface area (Å²) in [5.74, 6) is -4.85. The normalized spacial score (nSPS) is 26.9. The van der Waals surface area contributed by atoms with Gasteiger partial charge in [-0.3, -0.25) is 14.4 Å². The first kappa shape index (κ1) is 27.6. The summed E-state index contributed by atoms with van der Waals surface area (Å²) >= 11 is 0.845. The molecule has 1 aliphatic carbocycles. The van der Waals surface area contributed by atoms with E-state index < -0.39 is 59.4 Å². The molecule has 5 unspecified atom stereocenters. The van der Waals surface area contributed by atoms with Gasteiger partial charge in [-0.05, 0) is 25.3 Å². The number of hydrogen-bond donors (Lipinski definition) is 8. The van der Waals surface area contributed by atoms with Gasteiger partial charge in [0.25, 0.3) is 5.91 Å². The molecule has 1 heterocycles. The number of methoxy groups -OCH3 is 1. The predicted octanol–water partition coefficient (Wildman–Crippen LogP) is -1.45. The third-order valence-corrected chi connectivity index (χ3v) is 6.06. The molecule has 10 N–H and O–H groups in total. The number of allylic oxidation sites excluding steroid dienone is 1. The largest absolute Gasteiger partial charge is 0.504 e. The highest BCUT2D eigenvalue weighted by Gasteiger charge is 2.36. The van der Waals surface area contributed by atoms with E-state index in [1.54, 1.807) is 0 Å². The van der Waals surface area contributed by atoms with Gasteiger partial charge in [-0.1, -0.05) is 0 Å². The summed E-state index contributed by atoms with van der Waals surface area (Å²) in [7, 11) is 1.43. The van der Waals surface area contributed by atoms with Gasteiger partial charge in [0.1, 0.15) is 17.0 Å². The minimum absolute atomic E-state index is 0.149. The highest BCUT2D eigenvalue weighted by Crippen LogP contribution is 2.27. The number of nitrogens with one attached hydrogen (secondary N) is 4. The number of ether oxygens (including phenoxy) is 1. The summed E-state index contributed by atoms with van der Waals surface area (Å²) in [4.78, 5) is 36.8. The summed E-state index contributed by atoms with van der Waals surface area (Å²) in [6.45, 7) is 0. The molecule has 34 heavy (non-hydrogen) atoms. The van der Waals surface area contributed by atoms with Gasteiger partial charge >= 0.3 is 6.18 Å². The van der Waals surface area contributed by atoms with Gasteiger partial charge in [0, 0.05) is 13.0 Å². The summed E-state index contributed by atoms with van der Waals surface area (Å²) in [6.07, 6.45) is -6.47. The lowest BCUT2D eigenvalue weighted by molar-refractivity contribution is -0.131. The van der Waals surface area contributed by atoms with Crippen LogP contribution in [0.15, 0.2) is 23.4 Å². The molecule has 0 spiro atoms. The van der Waals surface area contributed by atoms with Gasteiger partial charge < -0.3 is 47.7 Å². The molecule has 1 saturated carbocycles. The van der Waals surface area contributed by atoms with E-state index in [0.29, 0.717) is 12.8 Å². The van der Waals surface area contributed by atoms with Crippen LogP contribution in [0, 0.1) is 5.92 Å². The van der Waals surface area contributed by atoms with Crippen molar-refractivity contribution in [3.05, 3.63) is 23.4 Å². The zero-order valence-electron chi connectivity index (χ0n) is 18.0. The number of aliphatic hydroxyl groups is 2. The lowest BCUT2D eigenvalue weighted by atomic mass is 9.84. The van der Waals surface area contributed by atoms with E-state index in [4.69, 9.17) is 21.3 Å². The predicted molar refractivity (Wildman–Crippen MR) is 114 cm³/mol. The first-order valence-corrected chi connectivity index (χ1v) is 11.1. The molecule has 16 heteroatoms. The third-order valence-electron chi connectivity index (χ3n) is 5.06. The summed E-state index contributed by atoms with van der Waals surface area (Å²) in [5.41, 5.74) is 10.1. The Morgan fingerprint density at radius 1 is 1.35 bits per heavy atom. The Morgan fingerprint density at radius 2 is 2.03 bits per heavy atom. The second-order valence-corrected chi connectivity index (χ2v) is 8.67. The van der Waals surface area contributed by atoms with Crippen LogP contribution in [-0.4, -0.2) is 70.8 Å². The van der Waals surface area contributed by atoms with E-state index >= 15 is 0 Å². The number of thioether (sulfide) groups is 1. The van der Waals surface area contributed by atoms with Crippen LogP contribution < -0.4 is 32.7 Å². The maximum atomic E-state index is 12.6. The van der Waals surface area contributed by atoms with Gasteiger partial charge in [-0.2, -0.15) is 13.2 Å². The second-order valence-electron chi connectivity index (χ2n) is 7.58. The van der Waals surface area contributed by atoms with Crippen LogP contribution in [0.1, 0.15) is 19.3 Å². The quantitative estimate of drug-likeness (QED) is 0.140. The first-order valence-electron chi connectivity index (χ1n) is 10.0. The third kappa shape index (κ3) is 7.68. The van der Waals surface area contributed by atoms with E-state index in [0.717, 1.165) is 11.8 Å². The zero-order valence-corrected chi connectivity index (χ0v) is 18.8. The van der Waals surface area contributed by atoms with Gasteiger partial charge in [0.15, 0.2) is 5.76 Å². The molecule has 0 aromatic heterocycles. The first-order chi connectivity index (χ1) is 15.8. The number of carbonyl (C=O) groups is 3. The van der Waals surface area contributed by atoms with Gasteiger partial charge in [0.05, 0.1) is 24.1 Å². The van der Waals surface area contributed by atoms with E-state index in [2.05, 4.69) is 16.0 Å². The molecule has 5 atom stereocenters. The maximum Gasteiger partial charge on any atom is 0.448 e. The van der Waals surface area contributed by atoms with Crippen molar-refractivity contribution >= 4 is 29.5 Å². The van der Waals surface area contributed by atoms with Crippen molar-refractivity contribution in [1.29, 1.82) is 0 Å². The second kappa shape index (κ2) is 11.6. The number of nitrogens with two attached hydrogens (primary N) is 2. The van der Waals surface area contributed by atoms with Crippen molar-refractivity contribution in [3.8, 4) is 0 Å². The Labute approximate surface area is 196 Å². The molecule has 0 aromatic rings. The molecule has 1 aliphatic heterocycles. The average Bonchev–Trinajstić information content (AvgIpc) is 2.74. The van der Waals surface area contributed by atoms with Crippen molar-refractivity contribution in [3.63, 3.8) is 0 Å². The lowest BCUT2D eigenvalue weighted by Crippen LogP contribution is -2.55. The molecule has 1 fully saturated rings. The average molecular weight is 513 g/mol. The van der Waals surface area contributed by atoms with Crippen molar-refractivity contribution in [1.82, 2.24) is 21.3 Å². The van der Waals surface area contributed by atoms with E-state index in [9.17, 15) is 32.7 Å². The molecule has 0 bridgehead atoms. The SMILES string of the molecule is COC1CC(C(=O)NC2=C(N)NC(SCC(=O)NC(N)/C=C(\O)C(F)(F)F)NC2=O)CCC1O. The standard InChI is InChI=1S/C18H27F3N6O6S/c1-33-9-4-7(2-3-8(9)28)15(31)25-13-14(23)26-17(27-16(13)32)34-6-12(30)24-11(22)5-10(29)18(19,20)21/h5,7-9,11,17,26,28-29H,2-4,6,22-23H2,1H3,(H,24,30)(H,25,31)(H,27,32)/b10-5-. The van der Waals surface area contributed by atoms with Gasteiger partial charge in [-0.25, -0.2) is 0 Å². The lowest BCUT2D eigenvalue weighted by Gasteiger charge is -2.32. The topological polar surface area (TPSA) is 201 Å². The molecule has 2 rings (SSSR count). The zero-order chi connectivity index (χ0) is 25.6. The monoisotopic (exact) mass is 512 g/mol. The van der Waals surface area contributed by atoms with Crippen molar-refractivity contribution in [2.24, 2.45) is 17.4 Å². The maximum absolute atomic E-state index is 12.6. The number of aliphatic hydroxyl groups excluding tert-OH is 2. The van der Waals surface area contributed by atoms with Crippen LogP contribution in [0.2, 0.25) is 0 Å². The Hall–Kier alpha value is -2.69. The van der Waals surface area contributed by atoms with E-state index in [1.165, 1.54) is 7.11 Å². The van der Waals surface area contributed by atoms with Crippen LogP contribution in [0.5, 0.6) is 0 Å². The van der Waals surface area contributed by atoms with Crippen molar-refractivity contribution in [2.45, 2.75) is 49.3 Å². The van der Waals surface area contributed by atoms with Crippen LogP contribution >= 0.6 is 11.8 Å². The molecule has 3 amide bonds. The highest BCUT2D eigenvalue weighted by atomic mass is 32.2. The van der Waals surface area contributed by atoms with Crippen molar-refractivity contribution in [2.75, 3.05) is 12.9 Å². The number of carbonyl (C=O) groups excluding carboxylic acids is 3. The molecule has 2 aliphatic rings. The number of halogens is 3. The van der Waals surface area contributed by atoms with E-state index in [1.807, 2.05) is 5.32 Å². The molecule has 192 valence electrons. The molecule has 0 radical (unpaired) electrons. The molecule has 0 aromatic carbocycles.